The van der Waals surface area contributed by atoms with E-state index in [0.717, 1.165) is 25.2 Å². The van der Waals surface area contributed by atoms with Crippen molar-refractivity contribution in [2.75, 3.05) is 29.9 Å². The number of ether oxygens (including phenoxy) is 1. The van der Waals surface area contributed by atoms with Crippen molar-refractivity contribution in [3.05, 3.63) is 24.3 Å². The highest BCUT2D eigenvalue weighted by atomic mass is 16.5. The molecule has 1 saturated carbocycles. The molecule has 1 aliphatic carbocycles. The minimum Gasteiger partial charge on any atom is -0.456 e. The van der Waals surface area contributed by atoms with Crippen molar-refractivity contribution in [2.45, 2.75) is 52.4 Å². The van der Waals surface area contributed by atoms with Crippen LogP contribution in [0.5, 0.6) is 0 Å². The van der Waals surface area contributed by atoms with Crippen LogP contribution in [0.25, 0.3) is 0 Å². The lowest BCUT2D eigenvalue weighted by Crippen LogP contribution is -2.22. The summed E-state index contributed by atoms with van der Waals surface area (Å²) in [4.78, 5) is 25.9. The van der Waals surface area contributed by atoms with Crippen molar-refractivity contribution in [2.24, 2.45) is 5.92 Å². The summed E-state index contributed by atoms with van der Waals surface area (Å²) in [6.07, 6.45) is 6.28. The number of carbonyl (C=O) groups is 2. The summed E-state index contributed by atoms with van der Waals surface area (Å²) in [5, 5.41) is 2.76. The van der Waals surface area contributed by atoms with E-state index in [-0.39, 0.29) is 18.5 Å². The molecule has 1 aliphatic rings. The predicted octanol–water partition coefficient (Wildman–Crippen LogP) is 3.98. The van der Waals surface area contributed by atoms with E-state index < -0.39 is 0 Å². The van der Waals surface area contributed by atoms with E-state index in [1.807, 2.05) is 24.3 Å². The highest BCUT2D eigenvalue weighted by Crippen LogP contribution is 2.28. The Balaban J connectivity index is 1.69. The molecule has 0 saturated heterocycles. The van der Waals surface area contributed by atoms with Gasteiger partial charge in [-0.2, -0.15) is 0 Å². The minimum absolute atomic E-state index is 0.221. The van der Waals surface area contributed by atoms with Crippen molar-refractivity contribution in [3.63, 3.8) is 0 Å². The van der Waals surface area contributed by atoms with Gasteiger partial charge in [-0.25, -0.2) is 0 Å². The number of hydrogen-bond donors (Lipinski definition) is 1. The molecule has 0 spiro atoms. The Morgan fingerprint density at radius 2 is 1.76 bits per heavy atom. The van der Waals surface area contributed by atoms with E-state index in [2.05, 4.69) is 24.1 Å². The first kappa shape index (κ1) is 19.3. The molecule has 138 valence electrons. The molecule has 0 unspecified atom stereocenters. The number of carbonyl (C=O) groups excluding carboxylic acids is 2. The summed E-state index contributed by atoms with van der Waals surface area (Å²) < 4.78 is 5.07. The number of anilines is 2. The lowest BCUT2D eigenvalue weighted by Gasteiger charge is -2.21. The third kappa shape index (κ3) is 6.40. The van der Waals surface area contributed by atoms with Gasteiger partial charge in [0.2, 0.25) is 0 Å². The molecule has 0 aromatic heterocycles. The van der Waals surface area contributed by atoms with Crippen molar-refractivity contribution < 1.29 is 14.3 Å². The Hall–Kier alpha value is -2.04. The second kappa shape index (κ2) is 10.1. The Morgan fingerprint density at radius 1 is 1.12 bits per heavy atom. The van der Waals surface area contributed by atoms with Crippen LogP contribution in [-0.4, -0.2) is 31.6 Å². The van der Waals surface area contributed by atoms with Crippen molar-refractivity contribution in [3.8, 4) is 0 Å². The molecule has 5 heteroatoms. The van der Waals surface area contributed by atoms with E-state index in [4.69, 9.17) is 4.74 Å². The van der Waals surface area contributed by atoms with Gasteiger partial charge in [-0.3, -0.25) is 9.59 Å². The van der Waals surface area contributed by atoms with E-state index in [9.17, 15) is 9.59 Å². The van der Waals surface area contributed by atoms with E-state index in [0.29, 0.717) is 18.0 Å². The van der Waals surface area contributed by atoms with Gasteiger partial charge in [0, 0.05) is 30.9 Å². The van der Waals surface area contributed by atoms with Gasteiger partial charge in [0.1, 0.15) is 0 Å². The maximum absolute atomic E-state index is 11.9. The van der Waals surface area contributed by atoms with Crippen LogP contribution in [0.1, 0.15) is 52.4 Å². The second-order valence-electron chi connectivity index (χ2n) is 6.62. The van der Waals surface area contributed by atoms with Crippen LogP contribution in [0.3, 0.4) is 0 Å². The molecular formula is C20H30N2O3. The quantitative estimate of drug-likeness (QED) is 0.687. The molecule has 1 aromatic carbocycles. The Bertz CT molecular complexity index is 547. The Kier molecular flexibility index (Phi) is 7.76. The smallest absolute Gasteiger partial charge is 0.306 e. The number of amides is 1. The molecule has 5 nitrogen and oxygen atoms in total. The molecule has 0 radical (unpaired) electrons. The normalized spacial score (nSPS) is 14.3. The number of hydrogen-bond acceptors (Lipinski definition) is 4. The van der Waals surface area contributed by atoms with Crippen LogP contribution in [0.2, 0.25) is 0 Å². The highest BCUT2D eigenvalue weighted by molar-refractivity contribution is 5.92. The third-order valence-electron chi connectivity index (χ3n) is 4.88. The van der Waals surface area contributed by atoms with Gasteiger partial charge in [-0.05, 0) is 50.5 Å². The summed E-state index contributed by atoms with van der Waals surface area (Å²) in [5.74, 6) is 0.0782. The molecule has 25 heavy (non-hydrogen) atoms. The summed E-state index contributed by atoms with van der Waals surface area (Å²) in [6.45, 7) is 5.89. The molecule has 0 aliphatic heterocycles. The van der Waals surface area contributed by atoms with Gasteiger partial charge in [0.05, 0.1) is 0 Å². The zero-order chi connectivity index (χ0) is 18.1. The SMILES string of the molecule is CCN(CC)c1ccc(NC(=O)COC(=O)CCC2CCCC2)cc1. The largest absolute Gasteiger partial charge is 0.456 e. The first-order chi connectivity index (χ1) is 12.1. The van der Waals surface area contributed by atoms with Gasteiger partial charge < -0.3 is 15.0 Å². The van der Waals surface area contributed by atoms with E-state index in [1.54, 1.807) is 0 Å². The van der Waals surface area contributed by atoms with Crippen LogP contribution in [0, 0.1) is 5.92 Å². The molecule has 1 fully saturated rings. The number of esters is 1. The van der Waals surface area contributed by atoms with Crippen molar-refractivity contribution in [1.82, 2.24) is 0 Å². The fraction of sp³-hybridized carbons (Fsp3) is 0.600. The van der Waals surface area contributed by atoms with Gasteiger partial charge >= 0.3 is 5.97 Å². The lowest BCUT2D eigenvalue weighted by molar-refractivity contribution is -0.147. The molecule has 1 aromatic rings. The number of benzene rings is 1. The van der Waals surface area contributed by atoms with Gasteiger partial charge in [0.25, 0.3) is 5.91 Å². The number of nitrogens with zero attached hydrogens (tertiary/aromatic N) is 1. The average molecular weight is 346 g/mol. The monoisotopic (exact) mass is 346 g/mol. The zero-order valence-corrected chi connectivity index (χ0v) is 15.4. The average Bonchev–Trinajstić information content (AvgIpc) is 3.14. The fourth-order valence-electron chi connectivity index (χ4n) is 3.38. The zero-order valence-electron chi connectivity index (χ0n) is 15.4. The van der Waals surface area contributed by atoms with E-state index in [1.165, 1.54) is 25.7 Å². The summed E-state index contributed by atoms with van der Waals surface area (Å²) in [7, 11) is 0. The van der Waals surface area contributed by atoms with Crippen LogP contribution in [0.4, 0.5) is 11.4 Å². The molecule has 0 atom stereocenters. The molecule has 0 heterocycles. The molecule has 2 rings (SSSR count). The molecule has 1 N–H and O–H groups in total. The Morgan fingerprint density at radius 3 is 2.36 bits per heavy atom. The van der Waals surface area contributed by atoms with Crippen LogP contribution in [-0.2, 0) is 14.3 Å². The molecule has 1 amide bonds. The molecule has 0 bridgehead atoms. The predicted molar refractivity (Wildman–Crippen MR) is 101 cm³/mol. The number of rotatable bonds is 9. The van der Waals surface area contributed by atoms with Crippen molar-refractivity contribution in [1.29, 1.82) is 0 Å². The third-order valence-corrected chi connectivity index (χ3v) is 4.88. The summed E-state index contributed by atoms with van der Waals surface area (Å²) in [6, 6.07) is 7.70. The van der Waals surface area contributed by atoms with Crippen LogP contribution in [0.15, 0.2) is 24.3 Å². The van der Waals surface area contributed by atoms with Gasteiger partial charge in [-0.15, -0.1) is 0 Å². The standard InChI is InChI=1S/C20H30N2O3/c1-3-22(4-2)18-12-10-17(11-13-18)21-19(23)15-25-20(24)14-9-16-7-5-6-8-16/h10-13,16H,3-9,14-15H2,1-2H3,(H,21,23). The van der Waals surface area contributed by atoms with Gasteiger partial charge in [0.15, 0.2) is 6.61 Å². The lowest BCUT2D eigenvalue weighted by atomic mass is 10.0. The maximum Gasteiger partial charge on any atom is 0.306 e. The van der Waals surface area contributed by atoms with Crippen LogP contribution < -0.4 is 10.2 Å². The van der Waals surface area contributed by atoms with Gasteiger partial charge in [-0.1, -0.05) is 25.7 Å². The first-order valence-electron chi connectivity index (χ1n) is 9.42. The van der Waals surface area contributed by atoms with Crippen LogP contribution >= 0.6 is 0 Å². The molecular weight excluding hydrogens is 316 g/mol. The summed E-state index contributed by atoms with van der Waals surface area (Å²) in [5.41, 5.74) is 1.84. The Labute approximate surface area is 150 Å². The fourth-order valence-corrected chi connectivity index (χ4v) is 3.38. The topological polar surface area (TPSA) is 58.6 Å². The first-order valence-corrected chi connectivity index (χ1v) is 9.42. The summed E-state index contributed by atoms with van der Waals surface area (Å²) >= 11 is 0. The maximum atomic E-state index is 11.9. The van der Waals surface area contributed by atoms with Crippen molar-refractivity contribution >= 4 is 23.3 Å². The van der Waals surface area contributed by atoms with E-state index >= 15 is 0 Å². The minimum atomic E-state index is -0.301. The second-order valence-corrected chi connectivity index (χ2v) is 6.62. The highest BCUT2D eigenvalue weighted by Gasteiger charge is 2.17. The number of nitrogens with one attached hydrogen (secondary N) is 1.